The lowest BCUT2D eigenvalue weighted by Gasteiger charge is -2.28. The van der Waals surface area contributed by atoms with Gasteiger partial charge in [-0.15, -0.1) is 0 Å². The fourth-order valence-corrected chi connectivity index (χ4v) is 2.71. The van der Waals surface area contributed by atoms with Crippen LogP contribution < -0.4 is 10.2 Å². The molecule has 3 heteroatoms. The van der Waals surface area contributed by atoms with Crippen LogP contribution in [0.2, 0.25) is 0 Å². The van der Waals surface area contributed by atoms with E-state index in [1.807, 2.05) is 17.0 Å². The number of benzene rings is 1. The zero-order valence-electron chi connectivity index (χ0n) is 12.1. The fraction of sp³-hybridized carbons (Fsp3) is 0.562. The molecule has 1 aliphatic heterocycles. The standard InChI is InChI=1S/C16H24N2O/c1-4-13(5-2)16(19)18-11-12(3)17-10-14-8-6-7-9-15(14)18/h6-9,12-13,17H,4-5,10-11H2,1-3H3. The van der Waals surface area contributed by atoms with Gasteiger partial charge in [0.15, 0.2) is 0 Å². The molecule has 0 radical (unpaired) electrons. The second-order valence-electron chi connectivity index (χ2n) is 5.37. The van der Waals surface area contributed by atoms with Crippen molar-refractivity contribution in [2.24, 2.45) is 5.92 Å². The van der Waals surface area contributed by atoms with E-state index in [4.69, 9.17) is 0 Å². The first kappa shape index (κ1) is 14.1. The Hall–Kier alpha value is -1.35. The average molecular weight is 260 g/mol. The van der Waals surface area contributed by atoms with Crippen molar-refractivity contribution in [1.82, 2.24) is 5.32 Å². The summed E-state index contributed by atoms with van der Waals surface area (Å²) in [7, 11) is 0. The van der Waals surface area contributed by atoms with E-state index in [9.17, 15) is 4.79 Å². The Kier molecular flexibility index (Phi) is 4.59. The Morgan fingerprint density at radius 1 is 1.37 bits per heavy atom. The molecular weight excluding hydrogens is 236 g/mol. The molecule has 104 valence electrons. The minimum absolute atomic E-state index is 0.137. The van der Waals surface area contributed by atoms with Gasteiger partial charge in [0.25, 0.3) is 0 Å². The number of amides is 1. The summed E-state index contributed by atoms with van der Waals surface area (Å²) in [6.07, 6.45) is 1.83. The zero-order valence-corrected chi connectivity index (χ0v) is 12.1. The molecule has 1 amide bonds. The van der Waals surface area contributed by atoms with Crippen LogP contribution in [0.25, 0.3) is 0 Å². The molecular formula is C16H24N2O. The first-order valence-corrected chi connectivity index (χ1v) is 7.30. The molecule has 1 unspecified atom stereocenters. The third kappa shape index (κ3) is 2.98. The Balaban J connectivity index is 2.34. The van der Waals surface area contributed by atoms with Gasteiger partial charge < -0.3 is 10.2 Å². The summed E-state index contributed by atoms with van der Waals surface area (Å²) in [5.74, 6) is 0.409. The minimum atomic E-state index is 0.137. The van der Waals surface area contributed by atoms with Crippen LogP contribution in [0.1, 0.15) is 39.2 Å². The van der Waals surface area contributed by atoms with E-state index in [-0.39, 0.29) is 11.8 Å². The minimum Gasteiger partial charge on any atom is -0.310 e. The van der Waals surface area contributed by atoms with E-state index in [0.717, 1.165) is 31.6 Å². The molecule has 0 bridgehead atoms. The van der Waals surface area contributed by atoms with Crippen LogP contribution in [0.4, 0.5) is 5.69 Å². The van der Waals surface area contributed by atoms with Crippen molar-refractivity contribution < 1.29 is 4.79 Å². The molecule has 0 aromatic heterocycles. The van der Waals surface area contributed by atoms with Gasteiger partial charge in [-0.1, -0.05) is 32.0 Å². The van der Waals surface area contributed by atoms with Gasteiger partial charge in [-0.05, 0) is 31.4 Å². The predicted molar refractivity (Wildman–Crippen MR) is 79.2 cm³/mol. The van der Waals surface area contributed by atoms with Crippen molar-refractivity contribution >= 4 is 11.6 Å². The van der Waals surface area contributed by atoms with Gasteiger partial charge in [-0.3, -0.25) is 4.79 Å². The number of fused-ring (bicyclic) bond motifs is 1. The predicted octanol–water partition coefficient (Wildman–Crippen LogP) is 2.95. The highest BCUT2D eigenvalue weighted by molar-refractivity contribution is 5.96. The molecule has 1 aliphatic rings. The molecule has 1 aromatic carbocycles. The summed E-state index contributed by atoms with van der Waals surface area (Å²) in [6.45, 7) is 7.92. The third-order valence-corrected chi connectivity index (χ3v) is 3.98. The second kappa shape index (κ2) is 6.20. The van der Waals surface area contributed by atoms with Crippen molar-refractivity contribution in [2.75, 3.05) is 11.4 Å². The first-order valence-electron chi connectivity index (χ1n) is 7.30. The van der Waals surface area contributed by atoms with Crippen LogP contribution in [-0.4, -0.2) is 18.5 Å². The lowest BCUT2D eigenvalue weighted by Crippen LogP contribution is -2.42. The van der Waals surface area contributed by atoms with Gasteiger partial charge in [0, 0.05) is 30.7 Å². The maximum absolute atomic E-state index is 12.7. The Morgan fingerprint density at radius 3 is 2.74 bits per heavy atom. The van der Waals surface area contributed by atoms with Crippen LogP contribution in [0.5, 0.6) is 0 Å². The summed E-state index contributed by atoms with van der Waals surface area (Å²) in [6, 6.07) is 8.55. The SMILES string of the molecule is CCC(CC)C(=O)N1CC(C)NCc2ccccc21. The molecule has 1 heterocycles. The fourth-order valence-electron chi connectivity index (χ4n) is 2.71. The lowest BCUT2D eigenvalue weighted by molar-refractivity contribution is -0.122. The molecule has 0 saturated carbocycles. The number of rotatable bonds is 3. The smallest absolute Gasteiger partial charge is 0.230 e. The molecule has 3 nitrogen and oxygen atoms in total. The van der Waals surface area contributed by atoms with E-state index in [0.29, 0.717) is 6.04 Å². The van der Waals surface area contributed by atoms with Crippen molar-refractivity contribution in [2.45, 2.75) is 46.2 Å². The number of nitrogens with one attached hydrogen (secondary N) is 1. The molecule has 0 saturated heterocycles. The van der Waals surface area contributed by atoms with Gasteiger partial charge in [0.1, 0.15) is 0 Å². The van der Waals surface area contributed by atoms with E-state index >= 15 is 0 Å². The number of carbonyl (C=O) groups is 1. The highest BCUT2D eigenvalue weighted by atomic mass is 16.2. The zero-order chi connectivity index (χ0) is 13.8. The first-order chi connectivity index (χ1) is 9.17. The van der Waals surface area contributed by atoms with Crippen LogP contribution in [-0.2, 0) is 11.3 Å². The van der Waals surface area contributed by atoms with E-state index in [1.54, 1.807) is 0 Å². The van der Waals surface area contributed by atoms with Crippen LogP contribution in [0.15, 0.2) is 24.3 Å². The highest BCUT2D eigenvalue weighted by Gasteiger charge is 2.27. The molecule has 0 aliphatic carbocycles. The van der Waals surface area contributed by atoms with Gasteiger partial charge in [0.05, 0.1) is 0 Å². The van der Waals surface area contributed by atoms with Crippen molar-refractivity contribution in [3.05, 3.63) is 29.8 Å². The molecule has 0 spiro atoms. The molecule has 1 aromatic rings. The van der Waals surface area contributed by atoms with E-state index < -0.39 is 0 Å². The summed E-state index contributed by atoms with van der Waals surface area (Å²) >= 11 is 0. The lowest BCUT2D eigenvalue weighted by atomic mass is 10.0. The number of hydrogen-bond acceptors (Lipinski definition) is 2. The Bertz CT molecular complexity index is 440. The quantitative estimate of drug-likeness (QED) is 0.906. The van der Waals surface area contributed by atoms with Crippen LogP contribution in [0.3, 0.4) is 0 Å². The Morgan fingerprint density at radius 2 is 2.05 bits per heavy atom. The van der Waals surface area contributed by atoms with Crippen LogP contribution in [0, 0.1) is 5.92 Å². The molecule has 1 N–H and O–H groups in total. The van der Waals surface area contributed by atoms with Crippen molar-refractivity contribution in [3.63, 3.8) is 0 Å². The number of para-hydroxylation sites is 1. The maximum Gasteiger partial charge on any atom is 0.230 e. The van der Waals surface area contributed by atoms with Gasteiger partial charge >= 0.3 is 0 Å². The summed E-state index contributed by atoms with van der Waals surface area (Å²) in [5, 5.41) is 3.47. The molecule has 2 rings (SSSR count). The maximum atomic E-state index is 12.7. The summed E-state index contributed by atoms with van der Waals surface area (Å²) < 4.78 is 0. The summed E-state index contributed by atoms with van der Waals surface area (Å²) in [5.41, 5.74) is 2.29. The van der Waals surface area contributed by atoms with E-state index in [1.165, 1.54) is 5.56 Å². The third-order valence-electron chi connectivity index (χ3n) is 3.98. The van der Waals surface area contributed by atoms with E-state index in [2.05, 4.69) is 38.2 Å². The van der Waals surface area contributed by atoms with Crippen molar-refractivity contribution in [1.29, 1.82) is 0 Å². The molecule has 0 fully saturated rings. The van der Waals surface area contributed by atoms with Crippen molar-refractivity contribution in [3.8, 4) is 0 Å². The molecule has 19 heavy (non-hydrogen) atoms. The summed E-state index contributed by atoms with van der Waals surface area (Å²) in [4.78, 5) is 14.7. The number of carbonyl (C=O) groups excluding carboxylic acids is 1. The van der Waals surface area contributed by atoms with Gasteiger partial charge in [-0.25, -0.2) is 0 Å². The van der Waals surface area contributed by atoms with Gasteiger partial charge in [0.2, 0.25) is 5.91 Å². The number of nitrogens with zero attached hydrogens (tertiary/aromatic N) is 1. The van der Waals surface area contributed by atoms with Crippen LogP contribution >= 0.6 is 0 Å². The normalized spacial score (nSPS) is 19.2. The number of anilines is 1. The molecule has 1 atom stereocenters. The second-order valence-corrected chi connectivity index (χ2v) is 5.37. The highest BCUT2D eigenvalue weighted by Crippen LogP contribution is 2.26. The Labute approximate surface area is 116 Å². The average Bonchev–Trinajstić information content (AvgIpc) is 2.60. The monoisotopic (exact) mass is 260 g/mol. The number of hydrogen-bond donors (Lipinski definition) is 1. The topological polar surface area (TPSA) is 32.3 Å². The largest absolute Gasteiger partial charge is 0.310 e. The van der Waals surface area contributed by atoms with Gasteiger partial charge in [-0.2, -0.15) is 0 Å².